The van der Waals surface area contributed by atoms with Crippen LogP contribution in [0.1, 0.15) is 0 Å². The number of carbonyl (C=O) groups is 2. The molecule has 13 nitrogen and oxygen atoms in total. The van der Waals surface area contributed by atoms with Gasteiger partial charge in [-0.2, -0.15) is 0 Å². The Balaban J connectivity index is 2.09. The van der Waals surface area contributed by atoms with Crippen LogP contribution in [0.4, 0.5) is 0 Å². The van der Waals surface area contributed by atoms with Crippen molar-refractivity contribution in [2.45, 2.75) is 49.9 Å². The van der Waals surface area contributed by atoms with Crippen LogP contribution in [0.25, 0.3) is 0 Å². The van der Waals surface area contributed by atoms with E-state index in [1.54, 1.807) is 0 Å². The number of carboxylic acids is 2. The molecule has 0 saturated carbocycles. The van der Waals surface area contributed by atoms with Crippen molar-refractivity contribution in [1.82, 2.24) is 0 Å². The molecule has 24 heavy (non-hydrogen) atoms. The van der Waals surface area contributed by atoms with Crippen LogP contribution >= 0.6 is 0 Å². The van der Waals surface area contributed by atoms with E-state index in [9.17, 15) is 24.9 Å². The van der Waals surface area contributed by atoms with Gasteiger partial charge in [0.1, 0.15) is 0 Å². The lowest BCUT2D eigenvalue weighted by Crippen LogP contribution is -2.59. The zero-order chi connectivity index (χ0) is 18.0. The van der Waals surface area contributed by atoms with E-state index in [4.69, 9.17) is 29.2 Å². The maximum atomic E-state index is 11.2. The fraction of sp³-hybridized carbons (Fsp3) is 0.818. The van der Waals surface area contributed by atoms with Gasteiger partial charge in [0.25, 0.3) is 0 Å². The van der Waals surface area contributed by atoms with Gasteiger partial charge in [-0.05, 0) is 0 Å². The maximum Gasteiger partial charge on any atom is 0.338 e. The molecule has 2 aliphatic heterocycles. The molecule has 2 saturated heterocycles. The van der Waals surface area contributed by atoms with Crippen molar-refractivity contribution in [2.75, 3.05) is 7.11 Å². The Labute approximate surface area is 133 Å². The van der Waals surface area contributed by atoms with E-state index in [0.717, 1.165) is 7.11 Å². The minimum absolute atomic E-state index is 1.14. The molecule has 0 aliphatic carbocycles. The van der Waals surface area contributed by atoms with E-state index in [-0.39, 0.29) is 0 Å². The predicted molar refractivity (Wildman–Crippen MR) is 64.7 cm³/mol. The number of aliphatic carboxylic acids is 2. The van der Waals surface area contributed by atoms with E-state index in [2.05, 4.69) is 9.47 Å². The lowest BCUT2D eigenvalue weighted by atomic mass is 10.3. The fourth-order valence-corrected chi connectivity index (χ4v) is 1.97. The normalized spacial score (nSPS) is 43.3. The zero-order valence-electron chi connectivity index (χ0n) is 12.1. The van der Waals surface area contributed by atoms with Crippen LogP contribution in [0.5, 0.6) is 0 Å². The number of methoxy groups -OCH3 is 1. The number of hydrogen-bond acceptors (Lipinski definition) is 11. The third-order valence-corrected chi connectivity index (χ3v) is 3.07. The first-order valence-corrected chi connectivity index (χ1v) is 6.54. The highest BCUT2D eigenvalue weighted by Gasteiger charge is 2.48. The monoisotopic (exact) mass is 356 g/mol. The molecule has 2 aliphatic rings. The van der Waals surface area contributed by atoms with Gasteiger partial charge in [-0.15, -0.1) is 0 Å². The second kappa shape index (κ2) is 7.64. The maximum absolute atomic E-state index is 11.2. The number of aliphatic hydroxyl groups is 3. The summed E-state index contributed by atoms with van der Waals surface area (Å²) in [7, 11) is 1.14. The molecule has 2 rings (SSSR count). The molecule has 0 spiro atoms. The molecule has 2 heterocycles. The second-order valence-electron chi connectivity index (χ2n) is 4.71. The van der Waals surface area contributed by atoms with Gasteiger partial charge in [0, 0.05) is 7.11 Å². The molecule has 0 radical (unpaired) electrons. The van der Waals surface area contributed by atoms with Gasteiger partial charge >= 0.3 is 11.9 Å². The van der Waals surface area contributed by atoms with E-state index in [1.165, 1.54) is 0 Å². The quantitative estimate of drug-likeness (QED) is 0.327. The van der Waals surface area contributed by atoms with E-state index >= 15 is 0 Å². The third kappa shape index (κ3) is 3.97. The van der Waals surface area contributed by atoms with Gasteiger partial charge in [-0.3, -0.25) is 0 Å². The first-order chi connectivity index (χ1) is 11.2. The smallest absolute Gasteiger partial charge is 0.338 e. The van der Waals surface area contributed by atoms with Gasteiger partial charge in [0.15, 0.2) is 6.29 Å². The van der Waals surface area contributed by atoms with Crippen molar-refractivity contribution in [3.63, 3.8) is 0 Å². The fourth-order valence-electron chi connectivity index (χ4n) is 1.97. The highest BCUT2D eigenvalue weighted by atomic mass is 16.9. The number of ether oxygens (including phenoxy) is 6. The van der Waals surface area contributed by atoms with Crippen molar-refractivity contribution in [3.8, 4) is 0 Å². The molecule has 4 unspecified atom stereocenters. The summed E-state index contributed by atoms with van der Waals surface area (Å²) < 4.78 is 28.8. The second-order valence-corrected chi connectivity index (χ2v) is 4.71. The molecular weight excluding hydrogens is 340 g/mol. The van der Waals surface area contributed by atoms with Crippen LogP contribution in [-0.4, -0.2) is 94.5 Å². The number of aliphatic hydroxyl groups excluding tert-OH is 3. The van der Waals surface area contributed by atoms with E-state index in [0.29, 0.717) is 0 Å². The molecule has 13 heteroatoms. The molecule has 0 aromatic rings. The highest BCUT2D eigenvalue weighted by molar-refractivity contribution is 5.73. The molecule has 2 fully saturated rings. The van der Waals surface area contributed by atoms with Gasteiger partial charge < -0.3 is 54.0 Å². The largest absolute Gasteiger partial charge is 0.479 e. The Hall–Kier alpha value is -1.42. The molecular formula is C11H16O13. The van der Waals surface area contributed by atoms with Crippen LogP contribution < -0.4 is 0 Å². The SMILES string of the molecule is CO[C@@H]1OC(C(=O)O)[C@@H](O[C@@H]2OC(C(=O)O)[C@H](O)OC2O)OC1O. The van der Waals surface area contributed by atoms with Crippen molar-refractivity contribution in [1.29, 1.82) is 0 Å². The summed E-state index contributed by atoms with van der Waals surface area (Å²) in [6.07, 6.45) is -14.4. The molecule has 5 N–H and O–H groups in total. The van der Waals surface area contributed by atoms with Gasteiger partial charge in [0.2, 0.25) is 43.7 Å². The topological polar surface area (TPSA) is 191 Å². The van der Waals surface area contributed by atoms with Crippen molar-refractivity contribution in [2.24, 2.45) is 0 Å². The van der Waals surface area contributed by atoms with Crippen LogP contribution in [0.3, 0.4) is 0 Å². The standard InChI is InChI=1S/C11H16O13/c1-19-10-7(17)23-9(3(21-10)5(14)15)24-11-8(18)22-6(16)2(20-11)4(12)13/h2-3,6-11,16-18H,1H3,(H,12,13)(H,14,15)/t2?,3?,6-,7?,8?,9-,10-,11+/m1/s1. The Kier molecular flexibility index (Phi) is 6.02. The lowest BCUT2D eigenvalue weighted by molar-refractivity contribution is -0.439. The predicted octanol–water partition coefficient (Wildman–Crippen LogP) is -3.42. The van der Waals surface area contributed by atoms with Crippen molar-refractivity contribution < 1.29 is 63.5 Å². The zero-order valence-corrected chi connectivity index (χ0v) is 12.1. The summed E-state index contributed by atoms with van der Waals surface area (Å²) in [6.45, 7) is 0. The Morgan fingerprint density at radius 1 is 0.750 bits per heavy atom. The Bertz CT molecular complexity index is 469. The van der Waals surface area contributed by atoms with Crippen LogP contribution in [-0.2, 0) is 38.0 Å². The minimum Gasteiger partial charge on any atom is -0.479 e. The summed E-state index contributed by atoms with van der Waals surface area (Å²) >= 11 is 0. The highest BCUT2D eigenvalue weighted by Crippen LogP contribution is 2.26. The van der Waals surface area contributed by atoms with Crippen molar-refractivity contribution in [3.05, 3.63) is 0 Å². The Morgan fingerprint density at radius 3 is 1.83 bits per heavy atom. The Morgan fingerprint density at radius 2 is 1.29 bits per heavy atom. The molecule has 0 aromatic carbocycles. The molecule has 0 bridgehead atoms. The van der Waals surface area contributed by atoms with Gasteiger partial charge in [-0.25, -0.2) is 9.59 Å². The lowest BCUT2D eigenvalue weighted by Gasteiger charge is -2.40. The average molecular weight is 356 g/mol. The summed E-state index contributed by atoms with van der Waals surface area (Å²) in [6, 6.07) is 0. The van der Waals surface area contributed by atoms with Gasteiger partial charge in [0.05, 0.1) is 0 Å². The molecule has 0 aromatic heterocycles. The van der Waals surface area contributed by atoms with E-state index < -0.39 is 61.9 Å². The first kappa shape index (κ1) is 18.9. The van der Waals surface area contributed by atoms with Crippen LogP contribution in [0, 0.1) is 0 Å². The number of carboxylic acid groups (broad SMARTS) is 2. The molecule has 138 valence electrons. The van der Waals surface area contributed by atoms with E-state index in [1.807, 2.05) is 0 Å². The van der Waals surface area contributed by atoms with Crippen LogP contribution in [0.15, 0.2) is 0 Å². The van der Waals surface area contributed by atoms with Gasteiger partial charge in [-0.1, -0.05) is 0 Å². The molecule has 8 atom stereocenters. The van der Waals surface area contributed by atoms with Crippen LogP contribution in [0.2, 0.25) is 0 Å². The summed E-state index contributed by atoms with van der Waals surface area (Å²) in [5.74, 6) is -3.16. The number of hydrogen-bond donors (Lipinski definition) is 5. The first-order valence-electron chi connectivity index (χ1n) is 6.54. The minimum atomic E-state index is -1.97. The average Bonchev–Trinajstić information content (AvgIpc) is 2.49. The summed E-state index contributed by atoms with van der Waals surface area (Å²) in [5, 5.41) is 46.5. The third-order valence-electron chi connectivity index (χ3n) is 3.07. The van der Waals surface area contributed by atoms with Crippen molar-refractivity contribution >= 4 is 11.9 Å². The number of rotatable bonds is 5. The summed E-state index contributed by atoms with van der Waals surface area (Å²) in [5.41, 5.74) is 0. The summed E-state index contributed by atoms with van der Waals surface area (Å²) in [4.78, 5) is 22.1. The molecule has 0 amide bonds.